The van der Waals surface area contributed by atoms with Gasteiger partial charge < -0.3 is 9.80 Å². The topological polar surface area (TPSA) is 90.7 Å². The number of rotatable bonds is 7. The summed E-state index contributed by atoms with van der Waals surface area (Å²) in [5.74, 6) is 1.28. The van der Waals surface area contributed by atoms with Crippen LogP contribution in [0, 0.1) is 5.92 Å². The molecule has 0 spiro atoms. The first kappa shape index (κ1) is 21.8. The molecule has 5 rings (SSSR count). The molecule has 174 valence electrons. The van der Waals surface area contributed by atoms with Crippen molar-refractivity contribution in [2.45, 2.75) is 44.2 Å². The average molecular weight is 449 g/mol. The highest BCUT2D eigenvalue weighted by atomic mass is 16.2. The second kappa shape index (κ2) is 9.84. The van der Waals surface area contributed by atoms with E-state index in [0.29, 0.717) is 12.1 Å². The summed E-state index contributed by atoms with van der Waals surface area (Å²) >= 11 is 0. The lowest BCUT2D eigenvalue weighted by Gasteiger charge is -2.33. The first-order valence-electron chi connectivity index (χ1n) is 11.9. The lowest BCUT2D eigenvalue weighted by molar-refractivity contribution is -0.134. The molecule has 9 heteroatoms. The number of nitrogens with one attached hydrogen (secondary N) is 2. The van der Waals surface area contributed by atoms with Crippen molar-refractivity contribution in [3.05, 3.63) is 54.4 Å². The first-order valence-corrected chi connectivity index (χ1v) is 11.9. The third kappa shape index (κ3) is 4.99. The van der Waals surface area contributed by atoms with E-state index in [1.807, 2.05) is 24.1 Å². The first-order chi connectivity index (χ1) is 16.2. The van der Waals surface area contributed by atoms with Crippen LogP contribution in [0.1, 0.15) is 43.7 Å². The highest BCUT2D eigenvalue weighted by Crippen LogP contribution is 2.25. The van der Waals surface area contributed by atoms with Gasteiger partial charge in [-0.3, -0.25) is 15.6 Å². The van der Waals surface area contributed by atoms with Crippen molar-refractivity contribution >= 4 is 17.4 Å². The zero-order chi connectivity index (χ0) is 22.6. The van der Waals surface area contributed by atoms with E-state index in [9.17, 15) is 4.79 Å². The minimum atomic E-state index is 0.0960. The molecule has 1 amide bonds. The predicted molar refractivity (Wildman–Crippen MR) is 126 cm³/mol. The number of fused-ring (bicyclic) bond motifs is 1. The standard InChI is InChI=1S/C24H32N8O/c1-30(13-5-8-20-16-21(27-26-20)18-6-3-2-4-7-18)24(33)19-11-14-31(15-12-19)23-10-9-22-28-25-17-32(22)29-23/h2-4,6-7,9-10,17,19-21,26-27H,5,8,11-16H2,1H3. The summed E-state index contributed by atoms with van der Waals surface area (Å²) in [6.45, 7) is 2.48. The van der Waals surface area contributed by atoms with Crippen LogP contribution >= 0.6 is 0 Å². The van der Waals surface area contributed by atoms with Crippen molar-refractivity contribution in [1.29, 1.82) is 0 Å². The Hall–Kier alpha value is -3.04. The molecule has 0 aliphatic carbocycles. The Morgan fingerprint density at radius 1 is 1.12 bits per heavy atom. The molecule has 2 aliphatic rings. The van der Waals surface area contributed by atoms with Gasteiger partial charge in [-0.25, -0.2) is 0 Å². The summed E-state index contributed by atoms with van der Waals surface area (Å²) in [7, 11) is 1.95. The highest BCUT2D eigenvalue weighted by molar-refractivity contribution is 5.78. The van der Waals surface area contributed by atoms with Crippen LogP contribution in [-0.2, 0) is 4.79 Å². The number of carbonyl (C=O) groups excluding carboxylic acids is 1. The van der Waals surface area contributed by atoms with Crippen LogP contribution in [0.25, 0.3) is 5.65 Å². The second-order valence-corrected chi connectivity index (χ2v) is 9.17. The quantitative estimate of drug-likeness (QED) is 0.573. The molecule has 0 radical (unpaired) electrons. The maximum atomic E-state index is 13.0. The molecule has 1 aromatic carbocycles. The van der Waals surface area contributed by atoms with Gasteiger partial charge in [0.25, 0.3) is 0 Å². The van der Waals surface area contributed by atoms with Crippen LogP contribution in [0.15, 0.2) is 48.8 Å². The summed E-state index contributed by atoms with van der Waals surface area (Å²) in [4.78, 5) is 17.2. The van der Waals surface area contributed by atoms with Gasteiger partial charge in [-0.05, 0) is 49.8 Å². The van der Waals surface area contributed by atoms with Crippen LogP contribution in [0.4, 0.5) is 5.82 Å². The van der Waals surface area contributed by atoms with E-state index in [4.69, 9.17) is 0 Å². The number of aromatic nitrogens is 4. The fraction of sp³-hybridized carbons (Fsp3) is 0.500. The molecule has 2 aliphatic heterocycles. The van der Waals surface area contributed by atoms with E-state index in [-0.39, 0.29) is 11.8 Å². The lowest BCUT2D eigenvalue weighted by atomic mass is 9.95. The van der Waals surface area contributed by atoms with Gasteiger partial charge in [-0.15, -0.1) is 15.3 Å². The summed E-state index contributed by atoms with van der Waals surface area (Å²) in [5, 5.41) is 12.5. The second-order valence-electron chi connectivity index (χ2n) is 9.17. The molecule has 2 unspecified atom stereocenters. The van der Waals surface area contributed by atoms with Gasteiger partial charge in [0.1, 0.15) is 12.1 Å². The maximum absolute atomic E-state index is 13.0. The largest absolute Gasteiger partial charge is 0.355 e. The molecule has 3 aromatic rings. The highest BCUT2D eigenvalue weighted by Gasteiger charge is 2.28. The molecule has 0 saturated carbocycles. The van der Waals surface area contributed by atoms with Gasteiger partial charge in [-0.1, -0.05) is 30.3 Å². The van der Waals surface area contributed by atoms with Gasteiger partial charge in [0.05, 0.1) is 0 Å². The summed E-state index contributed by atoms with van der Waals surface area (Å²) in [6, 6.07) is 15.3. The van der Waals surface area contributed by atoms with Crippen LogP contribution < -0.4 is 15.8 Å². The molecule has 2 atom stereocenters. The maximum Gasteiger partial charge on any atom is 0.225 e. The normalized spacial score (nSPS) is 21.5. The molecule has 0 bridgehead atoms. The predicted octanol–water partition coefficient (Wildman–Crippen LogP) is 2.19. The Morgan fingerprint density at radius 2 is 1.94 bits per heavy atom. The molecule has 2 N–H and O–H groups in total. The molecule has 9 nitrogen and oxygen atoms in total. The monoisotopic (exact) mass is 448 g/mol. The fourth-order valence-corrected chi connectivity index (χ4v) is 4.95. The van der Waals surface area contributed by atoms with Crippen molar-refractivity contribution in [1.82, 2.24) is 35.6 Å². The zero-order valence-electron chi connectivity index (χ0n) is 19.1. The van der Waals surface area contributed by atoms with Crippen molar-refractivity contribution in [3.63, 3.8) is 0 Å². The zero-order valence-corrected chi connectivity index (χ0v) is 19.1. The number of anilines is 1. The molecular weight excluding hydrogens is 416 g/mol. The number of amides is 1. The number of nitrogens with zero attached hydrogens (tertiary/aromatic N) is 6. The Morgan fingerprint density at radius 3 is 2.76 bits per heavy atom. The van der Waals surface area contributed by atoms with E-state index >= 15 is 0 Å². The third-order valence-corrected chi connectivity index (χ3v) is 6.92. The molecule has 2 aromatic heterocycles. The van der Waals surface area contributed by atoms with E-state index in [0.717, 1.165) is 63.2 Å². The molecular formula is C24H32N8O. The smallest absolute Gasteiger partial charge is 0.225 e. The van der Waals surface area contributed by atoms with Gasteiger partial charge >= 0.3 is 0 Å². The summed E-state index contributed by atoms with van der Waals surface area (Å²) in [5.41, 5.74) is 8.90. The summed E-state index contributed by atoms with van der Waals surface area (Å²) < 4.78 is 1.69. The summed E-state index contributed by atoms with van der Waals surface area (Å²) in [6.07, 6.45) is 6.47. The van der Waals surface area contributed by atoms with Gasteiger partial charge in [0, 0.05) is 44.7 Å². The van der Waals surface area contributed by atoms with Gasteiger partial charge in [0.2, 0.25) is 5.91 Å². The van der Waals surface area contributed by atoms with Gasteiger partial charge in [0.15, 0.2) is 5.65 Å². The molecule has 2 saturated heterocycles. The number of hydrogen-bond acceptors (Lipinski definition) is 7. The van der Waals surface area contributed by atoms with Gasteiger partial charge in [-0.2, -0.15) is 4.52 Å². The Bertz CT molecular complexity index is 1060. The van der Waals surface area contributed by atoms with E-state index in [2.05, 4.69) is 61.4 Å². The number of hydrogen-bond donors (Lipinski definition) is 2. The van der Waals surface area contributed by atoms with Crippen molar-refractivity contribution < 1.29 is 4.79 Å². The minimum absolute atomic E-state index is 0.0960. The number of carbonyl (C=O) groups is 1. The lowest BCUT2D eigenvalue weighted by Crippen LogP contribution is -2.42. The minimum Gasteiger partial charge on any atom is -0.355 e. The van der Waals surface area contributed by atoms with E-state index < -0.39 is 0 Å². The Labute approximate surface area is 194 Å². The SMILES string of the molecule is CN(CCCC1CC(c2ccccc2)NN1)C(=O)C1CCN(c2ccc3nncn3n2)CC1. The van der Waals surface area contributed by atoms with Crippen LogP contribution in [0.5, 0.6) is 0 Å². The molecule has 4 heterocycles. The van der Waals surface area contributed by atoms with E-state index in [1.54, 1.807) is 10.8 Å². The number of benzene rings is 1. The third-order valence-electron chi connectivity index (χ3n) is 6.92. The average Bonchev–Trinajstić information content (AvgIpc) is 3.53. The Kier molecular flexibility index (Phi) is 6.50. The molecule has 33 heavy (non-hydrogen) atoms. The molecule has 2 fully saturated rings. The van der Waals surface area contributed by atoms with Crippen molar-refractivity contribution in [3.8, 4) is 0 Å². The number of hydrazine groups is 1. The Balaban J connectivity index is 1.04. The van der Waals surface area contributed by atoms with Crippen molar-refractivity contribution in [2.24, 2.45) is 5.92 Å². The van der Waals surface area contributed by atoms with E-state index in [1.165, 1.54) is 5.56 Å². The fourth-order valence-electron chi connectivity index (χ4n) is 4.95. The number of piperidine rings is 1. The van der Waals surface area contributed by atoms with Crippen LogP contribution in [0.3, 0.4) is 0 Å². The van der Waals surface area contributed by atoms with Crippen LogP contribution in [-0.4, -0.2) is 63.3 Å². The van der Waals surface area contributed by atoms with Crippen LogP contribution in [0.2, 0.25) is 0 Å². The van der Waals surface area contributed by atoms with Crippen molar-refractivity contribution in [2.75, 3.05) is 31.6 Å².